The zero-order valence-corrected chi connectivity index (χ0v) is 55.6. The fraction of sp³-hybridized carbons (Fsp3) is 0.429. The topological polar surface area (TPSA) is 475 Å². The van der Waals surface area contributed by atoms with E-state index in [1.807, 2.05) is 20.8 Å². The summed E-state index contributed by atoms with van der Waals surface area (Å²) in [6, 6.07) is 13.8. The van der Waals surface area contributed by atoms with Crippen LogP contribution in [0.15, 0.2) is 116 Å². The molecule has 10 atom stereocenters. The summed E-state index contributed by atoms with van der Waals surface area (Å²) in [5.74, 6) is -12.5. The Labute approximate surface area is 571 Å². The molecule has 0 aliphatic carbocycles. The van der Waals surface area contributed by atoms with Crippen LogP contribution >= 0.6 is 0 Å². The van der Waals surface area contributed by atoms with Gasteiger partial charge in [-0.05, 0) is 97.5 Å². The number of nitrogens with two attached hydrogens (primary N) is 3. The smallest absolute Gasteiger partial charge is 0.326 e. The predicted molar refractivity (Wildman–Crippen MR) is 365 cm³/mol. The number of rotatable bonds is 38. The van der Waals surface area contributed by atoms with Crippen molar-refractivity contribution >= 4 is 92.8 Å². The molecule has 1 aliphatic heterocycles. The number of phenolic OH excluding ortho intramolecular Hbond substituents is 1. The number of benzene rings is 4. The summed E-state index contributed by atoms with van der Waals surface area (Å²) in [7, 11) is 0. The molecule has 19 N–H and O–H groups in total. The fourth-order valence-electron chi connectivity index (χ4n) is 11.9. The van der Waals surface area contributed by atoms with Gasteiger partial charge in [0.25, 0.3) is 0 Å². The molecule has 4 aromatic carbocycles. The van der Waals surface area contributed by atoms with Gasteiger partial charge in [0.1, 0.15) is 60.1 Å². The van der Waals surface area contributed by atoms with Crippen molar-refractivity contribution in [3.8, 4) is 5.75 Å². The maximum Gasteiger partial charge on any atom is 0.326 e. The van der Waals surface area contributed by atoms with Gasteiger partial charge in [-0.2, -0.15) is 0 Å². The standard InChI is InChI=1S/C70H90N14O15/c1-4-5-19-47(72)61(89)76-50(22-13-28-71)62(90)77-51(30-39(2)3)63(91)82-56(32-41-24-26-44(85)27-25-41)69(97)84-29-14-23-58(84)68(96)81-53(33-42-37-74-48-20-11-9-17-45(42)48)65(93)78-52(31-40-15-7-6-8-16-40)64(92)79-54(35-59(73)86)66(94)80-55(36-60(87)88)67(95)83-57(70(98)99)34-43-38-75-49-21-12-10-18-46(43)49/h6-12,15-18,20-21,24-27,37-39,47,50-58,74-75,85H,4-5,13-14,19,22-23,28-36,71-72H2,1-3H3,(H2,73,86)(H,76,89)(H,77,90)(H,78,93)(H,79,92)(H,80,94)(H,81,96)(H,82,91)(H,83,95)(H,87,88)(H,98,99)/t47-,50-,51-,52-,53-,54-,55-,56-,57-,58-/m0/s1. The van der Waals surface area contributed by atoms with Crippen molar-refractivity contribution in [2.45, 2.75) is 171 Å². The zero-order valence-electron chi connectivity index (χ0n) is 55.6. The molecule has 530 valence electrons. The van der Waals surface area contributed by atoms with E-state index in [-0.39, 0.29) is 69.7 Å². The van der Waals surface area contributed by atoms with Crippen molar-refractivity contribution in [2.24, 2.45) is 23.1 Å². The average molecular weight is 1370 g/mol. The summed E-state index contributed by atoms with van der Waals surface area (Å²) in [5.41, 5.74) is 21.0. The van der Waals surface area contributed by atoms with Gasteiger partial charge in [0, 0.05) is 66.4 Å². The second-order valence-corrected chi connectivity index (χ2v) is 25.3. The number of likely N-dealkylation sites (tertiary alicyclic amines) is 1. The molecule has 10 amide bonds. The third-order valence-electron chi connectivity index (χ3n) is 17.1. The first-order valence-electron chi connectivity index (χ1n) is 33.2. The van der Waals surface area contributed by atoms with Gasteiger partial charge in [0.05, 0.1) is 18.9 Å². The Balaban J connectivity index is 1.14. The van der Waals surface area contributed by atoms with Gasteiger partial charge >= 0.3 is 11.9 Å². The Morgan fingerprint density at radius 1 is 0.535 bits per heavy atom. The van der Waals surface area contributed by atoms with Gasteiger partial charge in [-0.15, -0.1) is 0 Å². The van der Waals surface area contributed by atoms with E-state index in [1.165, 1.54) is 17.0 Å². The number of para-hydroxylation sites is 2. The number of aliphatic carboxylic acids is 2. The highest BCUT2D eigenvalue weighted by Gasteiger charge is 2.41. The lowest BCUT2D eigenvalue weighted by Crippen LogP contribution is -2.61. The molecule has 0 spiro atoms. The molecule has 29 heteroatoms. The van der Waals surface area contributed by atoms with Crippen LogP contribution in [-0.4, -0.2) is 175 Å². The lowest BCUT2D eigenvalue weighted by atomic mass is 9.99. The van der Waals surface area contributed by atoms with Crippen LogP contribution < -0.4 is 59.7 Å². The van der Waals surface area contributed by atoms with E-state index in [1.54, 1.807) is 103 Å². The van der Waals surface area contributed by atoms with Crippen LogP contribution in [0.25, 0.3) is 21.8 Å². The van der Waals surface area contributed by atoms with Gasteiger partial charge < -0.3 is 89.9 Å². The van der Waals surface area contributed by atoms with E-state index in [4.69, 9.17) is 17.2 Å². The first-order valence-corrected chi connectivity index (χ1v) is 33.2. The maximum atomic E-state index is 15.2. The Hall–Kier alpha value is -10.7. The molecule has 6 aromatic rings. The molecular formula is C70H90N14O15. The molecule has 1 fully saturated rings. The van der Waals surface area contributed by atoms with E-state index in [0.717, 1.165) is 6.42 Å². The number of nitrogens with zero attached hydrogens (tertiary/aromatic N) is 1. The van der Waals surface area contributed by atoms with Gasteiger partial charge in [-0.25, -0.2) is 4.79 Å². The third kappa shape index (κ3) is 22.2. The fourth-order valence-corrected chi connectivity index (χ4v) is 11.9. The lowest BCUT2D eigenvalue weighted by molar-refractivity contribution is -0.144. The summed E-state index contributed by atoms with van der Waals surface area (Å²) >= 11 is 0. The summed E-state index contributed by atoms with van der Waals surface area (Å²) < 4.78 is 0. The molecule has 1 saturated heterocycles. The maximum absolute atomic E-state index is 15.2. The minimum Gasteiger partial charge on any atom is -0.508 e. The molecule has 99 heavy (non-hydrogen) atoms. The number of amides is 10. The van der Waals surface area contributed by atoms with Crippen molar-refractivity contribution in [3.63, 3.8) is 0 Å². The van der Waals surface area contributed by atoms with Crippen molar-refractivity contribution in [2.75, 3.05) is 13.1 Å². The number of phenols is 1. The summed E-state index contributed by atoms with van der Waals surface area (Å²) in [4.78, 5) is 175. The normalized spacial score (nSPS) is 15.6. The number of hydrogen-bond donors (Lipinski definition) is 16. The van der Waals surface area contributed by atoms with Gasteiger partial charge in [-0.3, -0.25) is 52.7 Å². The Bertz CT molecular complexity index is 3820. The van der Waals surface area contributed by atoms with Crippen LogP contribution in [0, 0.1) is 5.92 Å². The molecule has 0 radical (unpaired) electrons. The number of carboxylic acids is 2. The number of carbonyl (C=O) groups excluding carboxylic acids is 10. The number of primary amides is 1. The van der Waals surface area contributed by atoms with Crippen molar-refractivity contribution in [1.29, 1.82) is 0 Å². The SMILES string of the molecule is CCCC[C@H](N)C(=O)N[C@@H](CCCN)C(=O)N[C@@H](CC(C)C)C(=O)N[C@@H](Cc1ccc(O)cc1)C(=O)N1CCC[C@H]1C(=O)N[C@@H](Cc1c[nH]c2ccccc12)C(=O)N[C@@H](Cc1ccccc1)C(=O)N[C@@H](CC(N)=O)C(=O)N[C@@H](CC(=O)O)C(=O)N[C@@H](Cc1c[nH]c2ccccc12)C(=O)O. The van der Waals surface area contributed by atoms with Crippen LogP contribution in [-0.2, 0) is 83.2 Å². The van der Waals surface area contributed by atoms with E-state index < -0.39 is 144 Å². The minimum atomic E-state index is -1.97. The number of H-pyrrole nitrogens is 2. The number of carboxylic acid groups (broad SMARTS) is 2. The molecule has 7 rings (SSSR count). The molecular weight excluding hydrogens is 1280 g/mol. The van der Waals surface area contributed by atoms with Gasteiger partial charge in [0.2, 0.25) is 59.1 Å². The average Bonchev–Trinajstić information content (AvgIpc) is 1.74. The highest BCUT2D eigenvalue weighted by molar-refractivity contribution is 6.01. The van der Waals surface area contributed by atoms with Crippen LogP contribution in [0.5, 0.6) is 5.75 Å². The number of nitrogens with one attached hydrogen (secondary N) is 10. The number of aromatic amines is 2. The largest absolute Gasteiger partial charge is 0.508 e. The summed E-state index contributed by atoms with van der Waals surface area (Å²) in [6.45, 7) is 5.83. The van der Waals surface area contributed by atoms with Crippen molar-refractivity contribution < 1.29 is 72.9 Å². The Morgan fingerprint density at radius 2 is 1.01 bits per heavy atom. The van der Waals surface area contributed by atoms with E-state index in [0.29, 0.717) is 69.7 Å². The molecule has 2 aromatic heterocycles. The lowest BCUT2D eigenvalue weighted by Gasteiger charge is -2.31. The predicted octanol–water partition coefficient (Wildman–Crippen LogP) is 1.23. The monoisotopic (exact) mass is 1370 g/mol. The number of carbonyl (C=O) groups is 12. The number of hydrogen-bond acceptors (Lipinski definition) is 15. The molecule has 0 bridgehead atoms. The quantitative estimate of drug-likeness (QED) is 0.0259. The highest BCUT2D eigenvalue weighted by atomic mass is 16.4. The molecule has 0 unspecified atom stereocenters. The number of aromatic hydroxyl groups is 1. The van der Waals surface area contributed by atoms with E-state index in [2.05, 4.69) is 52.5 Å². The Morgan fingerprint density at radius 3 is 1.58 bits per heavy atom. The number of aromatic nitrogens is 2. The molecule has 1 aliphatic rings. The van der Waals surface area contributed by atoms with Gasteiger partial charge in [0.15, 0.2) is 0 Å². The van der Waals surface area contributed by atoms with E-state index in [9.17, 15) is 58.5 Å². The molecule has 3 heterocycles. The second-order valence-electron chi connectivity index (χ2n) is 25.3. The third-order valence-corrected chi connectivity index (χ3v) is 17.1. The molecule has 0 saturated carbocycles. The van der Waals surface area contributed by atoms with E-state index >= 15 is 14.4 Å². The number of fused-ring (bicyclic) bond motifs is 2. The minimum absolute atomic E-state index is 0.0169. The van der Waals surface area contributed by atoms with Crippen molar-refractivity contribution in [3.05, 3.63) is 138 Å². The van der Waals surface area contributed by atoms with Gasteiger partial charge in [-0.1, -0.05) is 112 Å². The summed E-state index contributed by atoms with van der Waals surface area (Å²) in [6.07, 6.45) is 3.13. The van der Waals surface area contributed by atoms with Crippen LogP contribution in [0.4, 0.5) is 0 Å². The second kappa shape index (κ2) is 36.6. The zero-order chi connectivity index (χ0) is 71.9. The van der Waals surface area contributed by atoms with Crippen LogP contribution in [0.3, 0.4) is 0 Å². The Kier molecular flexibility index (Phi) is 28.0. The number of unbranched alkanes of at least 4 members (excludes halogenated alkanes) is 1. The highest BCUT2D eigenvalue weighted by Crippen LogP contribution is 2.25. The van der Waals surface area contributed by atoms with Crippen molar-refractivity contribution in [1.82, 2.24) is 57.4 Å². The first-order chi connectivity index (χ1) is 47.3. The van der Waals surface area contributed by atoms with Crippen LogP contribution in [0.1, 0.15) is 107 Å². The summed E-state index contributed by atoms with van der Waals surface area (Å²) in [5, 5.41) is 52.4. The first kappa shape index (κ1) is 75.7. The van der Waals surface area contributed by atoms with Crippen LogP contribution in [0.2, 0.25) is 0 Å². The molecule has 29 nitrogen and oxygen atoms in total.